The predicted molar refractivity (Wildman–Crippen MR) is 238 cm³/mol. The Bertz CT molecular complexity index is 2240. The lowest BCUT2D eigenvalue weighted by molar-refractivity contribution is -0.295. The molecule has 3 saturated heterocycles. The van der Waals surface area contributed by atoms with Gasteiger partial charge in [0.2, 0.25) is 0 Å². The monoisotopic (exact) mass is 881 g/mol. The number of Topliss-reactive ketones (excluding diaryl/α,β-unsaturated/α-hetero) is 2. The van der Waals surface area contributed by atoms with Crippen LogP contribution in [0.2, 0.25) is 0 Å². The number of cyclic esters (lactones) is 1. The zero-order chi connectivity index (χ0) is 46.5. The lowest BCUT2D eigenvalue weighted by atomic mass is 9.73. The summed E-state index contributed by atoms with van der Waals surface area (Å²) in [6.07, 6.45) is -2.55. The van der Waals surface area contributed by atoms with E-state index in [0.717, 1.165) is 16.5 Å². The van der Waals surface area contributed by atoms with Gasteiger partial charge < -0.3 is 38.6 Å². The van der Waals surface area contributed by atoms with E-state index in [1.165, 1.54) is 6.92 Å². The Kier molecular flexibility index (Phi) is 15.3. The van der Waals surface area contributed by atoms with Crippen molar-refractivity contribution in [1.82, 2.24) is 15.2 Å². The number of likely N-dealkylation sites (N-methyl/N-ethyl adjacent to an activating group) is 1. The number of amides is 1. The highest BCUT2D eigenvalue weighted by atomic mass is 16.7. The number of rotatable bonds is 9. The molecule has 1 N–H and O–H groups in total. The number of para-hydroxylation sites is 1. The fourth-order valence-electron chi connectivity index (χ4n) is 9.63. The number of nitrogens with one attached hydrogen (secondary N) is 1. The second-order valence-electron chi connectivity index (χ2n) is 18.3. The number of hydrogen-bond donors (Lipinski definition) is 1. The van der Waals surface area contributed by atoms with E-state index in [4.69, 9.17) is 28.4 Å². The van der Waals surface area contributed by atoms with Crippen LogP contribution in [0.25, 0.3) is 10.9 Å². The molecule has 0 unspecified atom stereocenters. The van der Waals surface area contributed by atoms with Crippen molar-refractivity contribution < 1.29 is 52.4 Å². The van der Waals surface area contributed by atoms with Gasteiger partial charge in [0.05, 0.1) is 41.0 Å². The number of fused-ring (bicyclic) bond motifs is 2. The summed E-state index contributed by atoms with van der Waals surface area (Å²) in [4.78, 5) is 76.5. The van der Waals surface area contributed by atoms with E-state index in [0.29, 0.717) is 18.4 Å². The van der Waals surface area contributed by atoms with Crippen molar-refractivity contribution in [1.29, 1.82) is 0 Å². The molecule has 2 aromatic carbocycles. The van der Waals surface area contributed by atoms with Crippen LogP contribution >= 0.6 is 0 Å². The molecule has 4 heterocycles. The molecule has 3 aromatic rings. The number of alkyl carbamates (subject to hydrolysis) is 1. The van der Waals surface area contributed by atoms with Gasteiger partial charge >= 0.3 is 18.0 Å². The van der Waals surface area contributed by atoms with Crippen molar-refractivity contribution in [3.63, 3.8) is 0 Å². The van der Waals surface area contributed by atoms with Crippen LogP contribution in [0, 0.1) is 35.5 Å². The molecular formula is C50H63N3O11. The van der Waals surface area contributed by atoms with E-state index in [-0.39, 0.29) is 37.4 Å². The standard InChI is InChI=1S/C50H63N3O11/c1-11-39-50(8)43(52-48(58)64-50)31(4)40(54)29(2)27-49(7,59-24-18-17-19-34-26-36-22-15-16-23-37(36)51-28-34)44(32(5)41(55)33(6)45(56)61-39)63-47-42(38(53(9)10)25-30(3)60-47)62-46(57)35-20-13-12-14-21-35/h12-16,20-23,26,28-33,38-39,42-44,47H,11,19,24-25,27H2,1-10H3,(H,52,58)/t29-,30-,31+,32+,33-,38+,39-,42-,43-,44-,47+,49-,50-/m1/s1. The maximum atomic E-state index is 14.8. The summed E-state index contributed by atoms with van der Waals surface area (Å²) in [6, 6.07) is 17.2. The van der Waals surface area contributed by atoms with Crippen LogP contribution in [0.5, 0.6) is 0 Å². The molecular weight excluding hydrogens is 819 g/mol. The molecule has 0 aliphatic carbocycles. The number of pyridine rings is 1. The first-order chi connectivity index (χ1) is 30.4. The minimum atomic E-state index is -1.47. The molecule has 0 saturated carbocycles. The van der Waals surface area contributed by atoms with E-state index in [1.807, 2.05) is 56.3 Å². The van der Waals surface area contributed by atoms with Crippen molar-refractivity contribution in [2.45, 2.75) is 135 Å². The number of ether oxygens (including phenoxy) is 6. The third kappa shape index (κ3) is 10.5. The van der Waals surface area contributed by atoms with Crippen LogP contribution in [0.15, 0.2) is 66.9 Å². The summed E-state index contributed by atoms with van der Waals surface area (Å²) < 4.78 is 38.4. The smallest absolute Gasteiger partial charge is 0.408 e. The first-order valence-electron chi connectivity index (χ1n) is 22.3. The molecule has 0 radical (unpaired) electrons. The molecule has 64 heavy (non-hydrogen) atoms. The molecule has 3 aliphatic rings. The maximum absolute atomic E-state index is 14.8. The Morgan fingerprint density at radius 3 is 2.34 bits per heavy atom. The molecule has 13 atom stereocenters. The van der Waals surface area contributed by atoms with Gasteiger partial charge in [-0.3, -0.25) is 19.4 Å². The summed E-state index contributed by atoms with van der Waals surface area (Å²) in [5.74, 6) is 0.244. The molecule has 6 rings (SSSR count). The molecule has 3 fully saturated rings. The Morgan fingerprint density at radius 2 is 1.64 bits per heavy atom. The van der Waals surface area contributed by atoms with Gasteiger partial charge in [-0.1, -0.05) is 75.9 Å². The topological polar surface area (TPSA) is 169 Å². The van der Waals surface area contributed by atoms with Crippen LogP contribution in [-0.4, -0.2) is 114 Å². The fraction of sp³-hybridized carbons (Fsp3) is 0.560. The molecule has 3 aliphatic heterocycles. The first kappa shape index (κ1) is 48.3. The van der Waals surface area contributed by atoms with Gasteiger partial charge in [-0.25, -0.2) is 9.59 Å². The zero-order valence-corrected chi connectivity index (χ0v) is 38.6. The van der Waals surface area contributed by atoms with E-state index >= 15 is 0 Å². The first-order valence-corrected chi connectivity index (χ1v) is 22.3. The van der Waals surface area contributed by atoms with E-state index in [9.17, 15) is 24.0 Å². The van der Waals surface area contributed by atoms with Gasteiger partial charge in [0.15, 0.2) is 23.8 Å². The third-order valence-corrected chi connectivity index (χ3v) is 13.2. The second kappa shape index (κ2) is 20.3. The Balaban J connectivity index is 1.41. The molecule has 1 amide bonds. The van der Waals surface area contributed by atoms with Gasteiger partial charge in [-0.05, 0) is 90.9 Å². The second-order valence-corrected chi connectivity index (χ2v) is 18.3. The van der Waals surface area contributed by atoms with Crippen LogP contribution in [-0.2, 0) is 49.2 Å². The number of esters is 2. The van der Waals surface area contributed by atoms with Crippen molar-refractivity contribution in [2.75, 3.05) is 20.7 Å². The summed E-state index contributed by atoms with van der Waals surface area (Å²) >= 11 is 0. The van der Waals surface area contributed by atoms with Crippen LogP contribution < -0.4 is 5.32 Å². The van der Waals surface area contributed by atoms with Gasteiger partial charge in [-0.2, -0.15) is 0 Å². The van der Waals surface area contributed by atoms with Crippen molar-refractivity contribution in [2.24, 2.45) is 23.7 Å². The van der Waals surface area contributed by atoms with E-state index < -0.39 is 89.3 Å². The van der Waals surface area contributed by atoms with E-state index in [2.05, 4.69) is 22.1 Å². The summed E-state index contributed by atoms with van der Waals surface area (Å²) in [6.45, 7) is 13.6. The molecule has 0 spiro atoms. The third-order valence-electron chi connectivity index (χ3n) is 13.2. The molecule has 14 nitrogen and oxygen atoms in total. The number of ketones is 2. The molecule has 1 aromatic heterocycles. The average Bonchev–Trinajstić information content (AvgIpc) is 3.59. The van der Waals surface area contributed by atoms with Gasteiger partial charge in [0.1, 0.15) is 24.4 Å². The average molecular weight is 882 g/mol. The zero-order valence-electron chi connectivity index (χ0n) is 38.6. The molecule has 0 bridgehead atoms. The van der Waals surface area contributed by atoms with Crippen molar-refractivity contribution in [3.05, 3.63) is 78.0 Å². The fourth-order valence-corrected chi connectivity index (χ4v) is 9.63. The van der Waals surface area contributed by atoms with Crippen molar-refractivity contribution >= 4 is 40.5 Å². The lowest BCUT2D eigenvalue weighted by Gasteiger charge is -2.48. The van der Waals surface area contributed by atoms with Crippen LogP contribution in [0.3, 0.4) is 0 Å². The summed E-state index contributed by atoms with van der Waals surface area (Å²) in [5.41, 5.74) is -0.750. The van der Waals surface area contributed by atoms with Gasteiger partial charge in [0, 0.05) is 35.8 Å². The number of carbonyl (C=O) groups excluding carboxylic acids is 5. The Morgan fingerprint density at radius 1 is 0.938 bits per heavy atom. The largest absolute Gasteiger partial charge is 0.458 e. The highest BCUT2D eigenvalue weighted by Crippen LogP contribution is 2.41. The Hall–Kier alpha value is -5.20. The van der Waals surface area contributed by atoms with Crippen LogP contribution in [0.4, 0.5) is 4.79 Å². The van der Waals surface area contributed by atoms with Gasteiger partial charge in [0.25, 0.3) is 0 Å². The number of aromatic nitrogens is 1. The van der Waals surface area contributed by atoms with E-state index in [1.54, 1.807) is 78.1 Å². The van der Waals surface area contributed by atoms with Crippen molar-refractivity contribution in [3.8, 4) is 11.8 Å². The lowest BCUT2D eigenvalue weighted by Crippen LogP contribution is -2.61. The Labute approximate surface area is 376 Å². The quantitative estimate of drug-likeness (QED) is 0.107. The summed E-state index contributed by atoms with van der Waals surface area (Å²) in [7, 11) is 3.76. The number of carbonyl (C=O) groups is 5. The molecule has 344 valence electrons. The highest BCUT2D eigenvalue weighted by Gasteiger charge is 2.57. The summed E-state index contributed by atoms with van der Waals surface area (Å²) in [5, 5.41) is 3.80. The van der Waals surface area contributed by atoms with Gasteiger partial charge in [-0.15, -0.1) is 0 Å². The maximum Gasteiger partial charge on any atom is 0.408 e. The minimum Gasteiger partial charge on any atom is -0.458 e. The normalized spacial score (nSPS) is 33.8. The van der Waals surface area contributed by atoms with Crippen LogP contribution in [0.1, 0.15) is 90.6 Å². The minimum absolute atomic E-state index is 0.0247. The predicted octanol–water partition coefficient (Wildman–Crippen LogP) is 6.51. The highest BCUT2D eigenvalue weighted by molar-refractivity contribution is 6.00. The number of benzene rings is 2. The SMILES string of the molecule is CC[C@H]1OC(=O)[C@H](C)C(=O)[C@H](C)[C@@H](O[C@@H]2O[C@H](C)C[C@H](N(C)C)[C@H]2OC(=O)c2ccccc2)[C@](C)(OCC#CCc2cnc3ccccc3c2)C[C@@H](C)C(=O)[C@H](C)[C@H]2NC(=O)O[C@@]21C. The molecule has 14 heteroatoms. The number of nitrogens with zero attached hydrogens (tertiary/aromatic N) is 2. The number of hydrogen-bond acceptors (Lipinski definition) is 13.